The zero-order valence-electron chi connectivity index (χ0n) is 16.3. The Kier molecular flexibility index (Phi) is 6.09. The maximum atomic E-state index is 12.4. The van der Waals surface area contributed by atoms with Crippen LogP contribution in [-0.4, -0.2) is 56.2 Å². The lowest BCUT2D eigenvalue weighted by Crippen LogP contribution is -2.51. The van der Waals surface area contributed by atoms with Crippen LogP contribution in [0.1, 0.15) is 5.56 Å². The van der Waals surface area contributed by atoms with E-state index in [1.807, 2.05) is 30.3 Å². The van der Waals surface area contributed by atoms with E-state index < -0.39 is 0 Å². The SMILES string of the molecule is O=C(/C=C/c1ccc2c(c1)OCO2)NCC(=O)N1CCN(c2ccc(Cl)cc2)CC1. The third-order valence-corrected chi connectivity index (χ3v) is 5.31. The molecular weight excluding hydrogens is 406 g/mol. The molecule has 2 aromatic carbocycles. The van der Waals surface area contributed by atoms with Crippen molar-refractivity contribution in [1.82, 2.24) is 10.2 Å². The molecule has 0 aliphatic carbocycles. The predicted octanol–water partition coefficient (Wildman–Crippen LogP) is 2.55. The van der Waals surface area contributed by atoms with Crippen molar-refractivity contribution in [2.45, 2.75) is 0 Å². The Bertz CT molecular complexity index is 953. The summed E-state index contributed by atoms with van der Waals surface area (Å²) in [4.78, 5) is 28.5. The van der Waals surface area contributed by atoms with Crippen LogP contribution in [0.2, 0.25) is 5.02 Å². The van der Waals surface area contributed by atoms with Gasteiger partial charge in [-0.2, -0.15) is 0 Å². The van der Waals surface area contributed by atoms with Gasteiger partial charge in [-0.05, 0) is 48.0 Å². The summed E-state index contributed by atoms with van der Waals surface area (Å²) in [5, 5.41) is 3.35. The van der Waals surface area contributed by atoms with Crippen LogP contribution in [0, 0.1) is 0 Å². The van der Waals surface area contributed by atoms with Gasteiger partial charge in [-0.1, -0.05) is 17.7 Å². The molecule has 2 amide bonds. The van der Waals surface area contributed by atoms with Gasteiger partial charge in [0.05, 0.1) is 6.54 Å². The first-order valence-corrected chi connectivity index (χ1v) is 10.1. The van der Waals surface area contributed by atoms with Gasteiger partial charge in [0, 0.05) is 43.0 Å². The Morgan fingerprint density at radius 1 is 1.00 bits per heavy atom. The molecule has 0 saturated carbocycles. The first-order valence-electron chi connectivity index (χ1n) is 9.72. The van der Waals surface area contributed by atoms with Gasteiger partial charge >= 0.3 is 0 Å². The van der Waals surface area contributed by atoms with E-state index in [4.69, 9.17) is 21.1 Å². The second-order valence-corrected chi connectivity index (χ2v) is 7.44. The predicted molar refractivity (Wildman–Crippen MR) is 115 cm³/mol. The summed E-state index contributed by atoms with van der Waals surface area (Å²) in [6.45, 7) is 2.90. The Morgan fingerprint density at radius 3 is 2.50 bits per heavy atom. The van der Waals surface area contributed by atoms with Crippen LogP contribution in [0.4, 0.5) is 5.69 Å². The average Bonchev–Trinajstić information content (AvgIpc) is 3.24. The molecule has 0 radical (unpaired) electrons. The fourth-order valence-corrected chi connectivity index (χ4v) is 3.51. The van der Waals surface area contributed by atoms with Crippen LogP contribution < -0.4 is 19.7 Å². The number of hydrogen-bond donors (Lipinski definition) is 1. The van der Waals surface area contributed by atoms with Gasteiger partial charge in [-0.3, -0.25) is 9.59 Å². The molecule has 0 unspecified atom stereocenters. The standard InChI is InChI=1S/C22H22ClN3O4/c23-17-3-5-18(6-4-17)25-9-11-26(12-10-25)22(28)14-24-21(27)8-2-16-1-7-19-20(13-16)30-15-29-19/h1-8,13H,9-12,14-15H2,(H,24,27)/b8-2+. The van der Waals surface area contributed by atoms with Crippen LogP contribution in [0.3, 0.4) is 0 Å². The van der Waals surface area contributed by atoms with Crippen molar-refractivity contribution >= 4 is 35.2 Å². The minimum atomic E-state index is -0.319. The topological polar surface area (TPSA) is 71.1 Å². The zero-order chi connectivity index (χ0) is 20.9. The molecule has 2 aliphatic heterocycles. The van der Waals surface area contributed by atoms with E-state index in [0.717, 1.165) is 24.3 Å². The van der Waals surface area contributed by atoms with Gasteiger partial charge in [-0.15, -0.1) is 0 Å². The fourth-order valence-electron chi connectivity index (χ4n) is 3.39. The summed E-state index contributed by atoms with van der Waals surface area (Å²) in [6, 6.07) is 13.1. The van der Waals surface area contributed by atoms with E-state index in [-0.39, 0.29) is 25.2 Å². The maximum absolute atomic E-state index is 12.4. The van der Waals surface area contributed by atoms with Gasteiger partial charge in [0.15, 0.2) is 11.5 Å². The summed E-state index contributed by atoms with van der Waals surface area (Å²) in [6.07, 6.45) is 3.08. The van der Waals surface area contributed by atoms with Gasteiger partial charge in [0.25, 0.3) is 0 Å². The zero-order valence-corrected chi connectivity index (χ0v) is 17.1. The molecule has 8 heteroatoms. The third-order valence-electron chi connectivity index (χ3n) is 5.06. The number of carbonyl (C=O) groups is 2. The molecule has 0 aromatic heterocycles. The number of carbonyl (C=O) groups excluding carboxylic acids is 2. The molecule has 2 aliphatic rings. The quantitative estimate of drug-likeness (QED) is 0.742. The molecule has 2 heterocycles. The minimum absolute atomic E-state index is 0.0226. The molecule has 0 atom stereocenters. The van der Waals surface area contributed by atoms with Gasteiger partial charge < -0.3 is 24.6 Å². The maximum Gasteiger partial charge on any atom is 0.244 e. The van der Waals surface area contributed by atoms with E-state index in [2.05, 4.69) is 10.2 Å². The molecule has 1 saturated heterocycles. The summed E-state index contributed by atoms with van der Waals surface area (Å²) in [5.74, 6) is 0.945. The highest BCUT2D eigenvalue weighted by atomic mass is 35.5. The van der Waals surface area contributed by atoms with Crippen LogP contribution in [0.15, 0.2) is 48.5 Å². The van der Waals surface area contributed by atoms with Gasteiger partial charge in [-0.25, -0.2) is 0 Å². The highest BCUT2D eigenvalue weighted by Crippen LogP contribution is 2.32. The summed E-state index contributed by atoms with van der Waals surface area (Å²) >= 11 is 5.93. The van der Waals surface area contributed by atoms with Crippen molar-refractivity contribution in [3.63, 3.8) is 0 Å². The lowest BCUT2D eigenvalue weighted by molar-refractivity contribution is -0.132. The largest absolute Gasteiger partial charge is 0.454 e. The number of nitrogens with zero attached hydrogens (tertiary/aromatic N) is 2. The van der Waals surface area contributed by atoms with Crippen LogP contribution in [-0.2, 0) is 9.59 Å². The number of amides is 2. The van der Waals surface area contributed by atoms with Crippen molar-refractivity contribution in [2.75, 3.05) is 44.4 Å². The Hall–Kier alpha value is -3.19. The average molecular weight is 428 g/mol. The molecule has 30 heavy (non-hydrogen) atoms. The first kappa shape index (κ1) is 20.1. The fraction of sp³-hybridized carbons (Fsp3) is 0.273. The molecule has 7 nitrogen and oxygen atoms in total. The summed E-state index contributed by atoms with van der Waals surface area (Å²) in [7, 11) is 0. The van der Waals surface area contributed by atoms with Crippen molar-refractivity contribution in [3.05, 3.63) is 59.1 Å². The number of rotatable bonds is 5. The Morgan fingerprint density at radius 2 is 1.73 bits per heavy atom. The van der Waals surface area contributed by atoms with Crippen molar-refractivity contribution in [2.24, 2.45) is 0 Å². The molecule has 0 bridgehead atoms. The number of anilines is 1. The first-order chi connectivity index (χ1) is 14.6. The monoisotopic (exact) mass is 427 g/mol. The summed E-state index contributed by atoms with van der Waals surface area (Å²) < 4.78 is 10.6. The van der Waals surface area contributed by atoms with Crippen LogP contribution >= 0.6 is 11.6 Å². The molecule has 0 spiro atoms. The van der Waals surface area contributed by atoms with Crippen LogP contribution in [0.5, 0.6) is 11.5 Å². The van der Waals surface area contributed by atoms with Crippen molar-refractivity contribution < 1.29 is 19.1 Å². The third kappa shape index (κ3) is 4.86. The Labute approximate surface area is 179 Å². The lowest BCUT2D eigenvalue weighted by atomic mass is 10.2. The normalized spacial score (nSPS) is 15.5. The number of hydrogen-bond acceptors (Lipinski definition) is 5. The smallest absolute Gasteiger partial charge is 0.244 e. The number of fused-ring (bicyclic) bond motifs is 1. The van der Waals surface area contributed by atoms with Crippen molar-refractivity contribution in [3.8, 4) is 11.5 Å². The van der Waals surface area contributed by atoms with E-state index in [1.165, 1.54) is 6.08 Å². The second kappa shape index (κ2) is 9.09. The van der Waals surface area contributed by atoms with E-state index >= 15 is 0 Å². The number of benzene rings is 2. The van der Waals surface area contributed by atoms with Crippen LogP contribution in [0.25, 0.3) is 6.08 Å². The lowest BCUT2D eigenvalue weighted by Gasteiger charge is -2.36. The molecule has 4 rings (SSSR count). The van der Waals surface area contributed by atoms with E-state index in [0.29, 0.717) is 29.6 Å². The van der Waals surface area contributed by atoms with E-state index in [1.54, 1.807) is 23.1 Å². The van der Waals surface area contributed by atoms with Gasteiger partial charge in [0.1, 0.15) is 0 Å². The van der Waals surface area contributed by atoms with E-state index in [9.17, 15) is 9.59 Å². The Balaban J connectivity index is 1.22. The summed E-state index contributed by atoms with van der Waals surface area (Å²) in [5.41, 5.74) is 1.91. The molecule has 2 aromatic rings. The number of ether oxygens (including phenoxy) is 2. The minimum Gasteiger partial charge on any atom is -0.454 e. The number of nitrogens with one attached hydrogen (secondary N) is 1. The molecule has 1 N–H and O–H groups in total. The molecule has 1 fully saturated rings. The number of halogens is 1. The second-order valence-electron chi connectivity index (χ2n) is 7.01. The molecular formula is C22H22ClN3O4. The van der Waals surface area contributed by atoms with Gasteiger partial charge in [0.2, 0.25) is 18.6 Å². The van der Waals surface area contributed by atoms with Crippen molar-refractivity contribution in [1.29, 1.82) is 0 Å². The number of piperazine rings is 1. The highest BCUT2D eigenvalue weighted by molar-refractivity contribution is 6.30. The highest BCUT2D eigenvalue weighted by Gasteiger charge is 2.21. The molecule has 156 valence electrons.